The van der Waals surface area contributed by atoms with Crippen molar-refractivity contribution in [3.8, 4) is 5.75 Å². The Balaban J connectivity index is 2.04. The van der Waals surface area contributed by atoms with Crippen LogP contribution >= 0.6 is 0 Å². The molecule has 1 fully saturated rings. The molecule has 1 aliphatic rings. The van der Waals surface area contributed by atoms with E-state index in [1.165, 1.54) is 6.07 Å². The molecule has 6 heteroatoms. The van der Waals surface area contributed by atoms with Crippen LogP contribution in [-0.2, 0) is 11.2 Å². The fraction of sp³-hybridized carbons (Fsp3) is 0.500. The van der Waals surface area contributed by atoms with Crippen LogP contribution in [0.25, 0.3) is 0 Å². The maximum absolute atomic E-state index is 12.3. The molecule has 1 aromatic carbocycles. The molecular formula is C14H18F2N2O2. The van der Waals surface area contributed by atoms with Crippen molar-refractivity contribution in [3.05, 3.63) is 29.8 Å². The Morgan fingerprint density at radius 2 is 2.10 bits per heavy atom. The Kier molecular flexibility index (Phi) is 4.89. The molecule has 1 atom stereocenters. The molecule has 110 valence electrons. The number of benzene rings is 1. The van der Waals surface area contributed by atoms with Crippen molar-refractivity contribution >= 4 is 5.91 Å². The van der Waals surface area contributed by atoms with Crippen molar-refractivity contribution in [2.45, 2.75) is 31.9 Å². The Morgan fingerprint density at radius 1 is 1.40 bits per heavy atom. The number of alkyl halides is 2. The Hall–Kier alpha value is -1.69. The van der Waals surface area contributed by atoms with Crippen LogP contribution in [0.5, 0.6) is 5.75 Å². The van der Waals surface area contributed by atoms with Gasteiger partial charge >= 0.3 is 6.61 Å². The van der Waals surface area contributed by atoms with Gasteiger partial charge in [0.1, 0.15) is 5.75 Å². The van der Waals surface area contributed by atoms with Crippen molar-refractivity contribution in [2.75, 3.05) is 6.54 Å². The molecule has 1 saturated carbocycles. The molecule has 0 aromatic heterocycles. The second-order valence-corrected chi connectivity index (χ2v) is 4.91. The first-order valence-electron chi connectivity index (χ1n) is 6.63. The zero-order chi connectivity index (χ0) is 14.5. The van der Waals surface area contributed by atoms with E-state index >= 15 is 0 Å². The van der Waals surface area contributed by atoms with E-state index in [0.717, 1.165) is 12.8 Å². The van der Waals surface area contributed by atoms with E-state index in [1.807, 2.05) is 0 Å². The van der Waals surface area contributed by atoms with Crippen molar-refractivity contribution in [3.63, 3.8) is 0 Å². The highest BCUT2D eigenvalue weighted by Gasteiger charge is 2.27. The van der Waals surface area contributed by atoms with Crippen molar-refractivity contribution in [2.24, 2.45) is 11.7 Å². The molecule has 0 bridgehead atoms. The predicted octanol–water partition coefficient (Wildman–Crippen LogP) is 1.68. The van der Waals surface area contributed by atoms with E-state index in [9.17, 15) is 13.6 Å². The zero-order valence-electron chi connectivity index (χ0n) is 11.0. The van der Waals surface area contributed by atoms with Gasteiger partial charge in [0, 0.05) is 12.6 Å². The first kappa shape index (κ1) is 14.7. The first-order chi connectivity index (χ1) is 9.60. The lowest BCUT2D eigenvalue weighted by Crippen LogP contribution is -2.37. The molecule has 1 aromatic rings. The number of hydrogen-bond acceptors (Lipinski definition) is 3. The maximum atomic E-state index is 12.3. The van der Waals surface area contributed by atoms with Gasteiger partial charge in [-0.2, -0.15) is 8.78 Å². The van der Waals surface area contributed by atoms with Crippen LogP contribution in [0.15, 0.2) is 24.3 Å². The number of ether oxygens (including phenoxy) is 1. The Bertz CT molecular complexity index is 464. The Labute approximate surface area is 116 Å². The van der Waals surface area contributed by atoms with Gasteiger partial charge in [-0.15, -0.1) is 0 Å². The topological polar surface area (TPSA) is 64.3 Å². The van der Waals surface area contributed by atoms with Gasteiger partial charge in [0.2, 0.25) is 5.91 Å². The second-order valence-electron chi connectivity index (χ2n) is 4.91. The van der Waals surface area contributed by atoms with Gasteiger partial charge in [-0.25, -0.2) is 0 Å². The third-order valence-corrected chi connectivity index (χ3v) is 3.23. The quantitative estimate of drug-likeness (QED) is 0.800. The monoisotopic (exact) mass is 284 g/mol. The largest absolute Gasteiger partial charge is 0.435 e. The minimum Gasteiger partial charge on any atom is -0.435 e. The molecule has 20 heavy (non-hydrogen) atoms. The van der Waals surface area contributed by atoms with Crippen LogP contribution in [-0.4, -0.2) is 25.1 Å². The summed E-state index contributed by atoms with van der Waals surface area (Å²) >= 11 is 0. The second kappa shape index (κ2) is 6.65. The number of hydrogen-bond donors (Lipinski definition) is 2. The fourth-order valence-corrected chi connectivity index (χ4v) is 1.98. The number of nitrogens with two attached hydrogens (primary N) is 1. The predicted molar refractivity (Wildman–Crippen MR) is 70.5 cm³/mol. The SMILES string of the molecule is NCC(Cc1ccccc1OC(F)F)C(=O)NC1CC1. The summed E-state index contributed by atoms with van der Waals surface area (Å²) in [5.74, 6) is -0.458. The lowest BCUT2D eigenvalue weighted by molar-refractivity contribution is -0.124. The highest BCUT2D eigenvalue weighted by Crippen LogP contribution is 2.24. The average molecular weight is 284 g/mol. The summed E-state index contributed by atoms with van der Waals surface area (Å²) in [6.07, 6.45) is 2.28. The van der Waals surface area contributed by atoms with Gasteiger partial charge < -0.3 is 15.8 Å². The number of carbonyl (C=O) groups is 1. The van der Waals surface area contributed by atoms with Crippen LogP contribution < -0.4 is 15.8 Å². The highest BCUT2D eigenvalue weighted by molar-refractivity contribution is 5.79. The van der Waals surface area contributed by atoms with Gasteiger partial charge in [-0.1, -0.05) is 18.2 Å². The standard InChI is InChI=1S/C14H18F2N2O2/c15-14(16)20-12-4-2-1-3-9(12)7-10(8-17)13(19)18-11-5-6-11/h1-4,10-11,14H,5-8,17H2,(H,18,19). The number of carbonyl (C=O) groups excluding carboxylic acids is 1. The summed E-state index contributed by atoms with van der Waals surface area (Å²) in [4.78, 5) is 12.0. The fourth-order valence-electron chi connectivity index (χ4n) is 1.98. The van der Waals surface area contributed by atoms with Gasteiger partial charge in [0.05, 0.1) is 5.92 Å². The van der Waals surface area contributed by atoms with E-state index in [-0.39, 0.29) is 30.7 Å². The van der Waals surface area contributed by atoms with Crippen molar-refractivity contribution in [1.82, 2.24) is 5.32 Å². The van der Waals surface area contributed by atoms with Gasteiger partial charge in [-0.3, -0.25) is 4.79 Å². The van der Waals surface area contributed by atoms with Crippen molar-refractivity contribution in [1.29, 1.82) is 0 Å². The van der Waals surface area contributed by atoms with Gasteiger partial charge in [-0.05, 0) is 30.9 Å². The zero-order valence-corrected chi connectivity index (χ0v) is 11.0. The summed E-state index contributed by atoms with van der Waals surface area (Å²) in [5.41, 5.74) is 6.18. The average Bonchev–Trinajstić information content (AvgIpc) is 3.20. The lowest BCUT2D eigenvalue weighted by atomic mass is 9.98. The number of para-hydroxylation sites is 1. The summed E-state index contributed by atoms with van der Waals surface area (Å²) in [6, 6.07) is 6.73. The minimum atomic E-state index is -2.88. The van der Waals surface area contributed by atoms with E-state index in [2.05, 4.69) is 10.1 Å². The van der Waals surface area contributed by atoms with Gasteiger partial charge in [0.25, 0.3) is 0 Å². The number of nitrogens with one attached hydrogen (secondary N) is 1. The molecule has 0 saturated heterocycles. The summed E-state index contributed by atoms with van der Waals surface area (Å²) < 4.78 is 29.1. The first-order valence-corrected chi connectivity index (χ1v) is 6.63. The Morgan fingerprint density at radius 3 is 2.70 bits per heavy atom. The van der Waals surface area contributed by atoms with E-state index in [4.69, 9.17) is 5.73 Å². The third kappa shape index (κ3) is 4.16. The molecule has 4 nitrogen and oxygen atoms in total. The molecule has 0 spiro atoms. The summed E-state index contributed by atoms with van der Waals surface area (Å²) in [7, 11) is 0. The van der Waals surface area contributed by atoms with Crippen molar-refractivity contribution < 1.29 is 18.3 Å². The van der Waals surface area contributed by atoms with Crippen LogP contribution in [0.4, 0.5) is 8.78 Å². The molecule has 2 rings (SSSR count). The molecule has 0 heterocycles. The molecular weight excluding hydrogens is 266 g/mol. The molecule has 1 aliphatic carbocycles. The summed E-state index contributed by atoms with van der Waals surface area (Å²) in [6.45, 7) is -2.71. The van der Waals surface area contributed by atoms with E-state index in [1.54, 1.807) is 18.2 Å². The lowest BCUT2D eigenvalue weighted by Gasteiger charge is -2.17. The number of halogens is 2. The molecule has 0 radical (unpaired) electrons. The van der Waals surface area contributed by atoms with Crippen LogP contribution in [0, 0.1) is 5.92 Å². The van der Waals surface area contributed by atoms with Crippen LogP contribution in [0.2, 0.25) is 0 Å². The molecule has 1 amide bonds. The van der Waals surface area contributed by atoms with Crippen LogP contribution in [0.1, 0.15) is 18.4 Å². The number of rotatable bonds is 7. The molecule has 3 N–H and O–H groups in total. The normalized spacial score (nSPS) is 16.0. The highest BCUT2D eigenvalue weighted by atomic mass is 19.3. The van der Waals surface area contributed by atoms with E-state index < -0.39 is 12.5 Å². The minimum absolute atomic E-state index is 0.0974. The number of amides is 1. The smallest absolute Gasteiger partial charge is 0.387 e. The van der Waals surface area contributed by atoms with Gasteiger partial charge in [0.15, 0.2) is 0 Å². The maximum Gasteiger partial charge on any atom is 0.387 e. The molecule has 1 unspecified atom stereocenters. The third-order valence-electron chi connectivity index (χ3n) is 3.23. The summed E-state index contributed by atoms with van der Waals surface area (Å²) in [5, 5.41) is 2.88. The van der Waals surface area contributed by atoms with Crippen LogP contribution in [0.3, 0.4) is 0 Å². The molecule has 0 aliphatic heterocycles. The van der Waals surface area contributed by atoms with E-state index in [0.29, 0.717) is 5.56 Å².